The van der Waals surface area contributed by atoms with E-state index in [4.69, 9.17) is 4.42 Å². The van der Waals surface area contributed by atoms with Crippen LogP contribution in [0.25, 0.3) is 0 Å². The van der Waals surface area contributed by atoms with E-state index in [2.05, 4.69) is 15.2 Å². The van der Waals surface area contributed by atoms with E-state index >= 15 is 0 Å². The van der Waals surface area contributed by atoms with E-state index in [9.17, 15) is 4.79 Å². The highest BCUT2D eigenvalue weighted by Crippen LogP contribution is 2.22. The van der Waals surface area contributed by atoms with Gasteiger partial charge in [-0.15, -0.1) is 5.10 Å². The number of nitrogens with zero attached hydrogens (tertiary/aromatic N) is 5. The Bertz CT molecular complexity index is 648. The average molecular weight is 331 g/mol. The number of hydrogen-bond acceptors (Lipinski definition) is 5. The monoisotopic (exact) mass is 331 g/mol. The van der Waals surface area contributed by atoms with Gasteiger partial charge in [-0.05, 0) is 39.3 Å². The second kappa shape index (κ2) is 7.61. The molecule has 1 saturated heterocycles. The fourth-order valence-corrected chi connectivity index (χ4v) is 3.26. The Balaban J connectivity index is 1.65. The molecule has 1 atom stereocenters. The SMILES string of the molecule is CCN(CC)C(=O)c1cn(C2CCCN(Cc3ccoc3)C2)nn1. The number of hydrogen-bond donors (Lipinski definition) is 0. The number of amides is 1. The van der Waals surface area contributed by atoms with E-state index in [0.717, 1.165) is 32.5 Å². The first kappa shape index (κ1) is 16.7. The molecule has 0 aliphatic carbocycles. The highest BCUT2D eigenvalue weighted by atomic mass is 16.3. The minimum atomic E-state index is -0.0442. The summed E-state index contributed by atoms with van der Waals surface area (Å²) >= 11 is 0. The number of carbonyl (C=O) groups is 1. The van der Waals surface area contributed by atoms with Gasteiger partial charge in [0, 0.05) is 31.7 Å². The van der Waals surface area contributed by atoms with Crippen LogP contribution in [-0.2, 0) is 6.54 Å². The summed E-state index contributed by atoms with van der Waals surface area (Å²) in [6.07, 6.45) is 7.47. The van der Waals surface area contributed by atoms with Gasteiger partial charge in [0.15, 0.2) is 5.69 Å². The zero-order valence-electron chi connectivity index (χ0n) is 14.4. The summed E-state index contributed by atoms with van der Waals surface area (Å²) in [4.78, 5) is 16.5. The predicted octanol–water partition coefficient (Wildman–Crippen LogP) is 2.19. The molecule has 0 bridgehead atoms. The maximum absolute atomic E-state index is 12.4. The number of carbonyl (C=O) groups excluding carboxylic acids is 1. The van der Waals surface area contributed by atoms with Crippen LogP contribution in [0.5, 0.6) is 0 Å². The fraction of sp³-hybridized carbons (Fsp3) is 0.588. The van der Waals surface area contributed by atoms with Crippen molar-refractivity contribution in [2.75, 3.05) is 26.2 Å². The molecule has 0 spiro atoms. The molecule has 0 aromatic carbocycles. The van der Waals surface area contributed by atoms with Gasteiger partial charge < -0.3 is 9.32 Å². The molecule has 7 nitrogen and oxygen atoms in total. The summed E-state index contributed by atoms with van der Waals surface area (Å²) in [6, 6.07) is 2.26. The molecule has 0 N–H and O–H groups in total. The lowest BCUT2D eigenvalue weighted by molar-refractivity contribution is 0.0767. The summed E-state index contributed by atoms with van der Waals surface area (Å²) in [5.74, 6) is -0.0442. The van der Waals surface area contributed by atoms with Gasteiger partial charge in [0.1, 0.15) is 0 Å². The van der Waals surface area contributed by atoms with Gasteiger partial charge in [-0.3, -0.25) is 9.69 Å². The molecule has 130 valence electrons. The molecule has 3 heterocycles. The number of aromatic nitrogens is 3. The number of likely N-dealkylation sites (tertiary alicyclic amines) is 1. The molecule has 2 aromatic heterocycles. The summed E-state index contributed by atoms with van der Waals surface area (Å²) < 4.78 is 7.00. The molecular formula is C17H25N5O2. The minimum Gasteiger partial charge on any atom is -0.472 e. The van der Waals surface area contributed by atoms with Crippen LogP contribution in [0.2, 0.25) is 0 Å². The van der Waals surface area contributed by atoms with Crippen LogP contribution in [0.1, 0.15) is 48.8 Å². The molecule has 1 aliphatic rings. The van der Waals surface area contributed by atoms with Crippen LogP contribution in [0.4, 0.5) is 0 Å². The van der Waals surface area contributed by atoms with Crippen molar-refractivity contribution in [3.05, 3.63) is 36.0 Å². The Morgan fingerprint density at radius 1 is 1.42 bits per heavy atom. The van der Waals surface area contributed by atoms with Gasteiger partial charge >= 0.3 is 0 Å². The van der Waals surface area contributed by atoms with Crippen LogP contribution in [0.3, 0.4) is 0 Å². The van der Waals surface area contributed by atoms with Gasteiger partial charge in [-0.2, -0.15) is 0 Å². The maximum atomic E-state index is 12.4. The quantitative estimate of drug-likeness (QED) is 0.812. The van der Waals surface area contributed by atoms with Crippen molar-refractivity contribution in [1.29, 1.82) is 0 Å². The number of rotatable bonds is 6. The Hall–Kier alpha value is -2.15. The smallest absolute Gasteiger partial charge is 0.276 e. The van der Waals surface area contributed by atoms with E-state index < -0.39 is 0 Å². The molecule has 1 fully saturated rings. The first-order valence-electron chi connectivity index (χ1n) is 8.65. The molecule has 0 saturated carbocycles. The third kappa shape index (κ3) is 3.67. The second-order valence-electron chi connectivity index (χ2n) is 6.22. The van der Waals surface area contributed by atoms with Crippen molar-refractivity contribution in [2.45, 2.75) is 39.3 Å². The molecular weight excluding hydrogens is 306 g/mol. The third-order valence-electron chi connectivity index (χ3n) is 4.62. The first-order chi connectivity index (χ1) is 11.7. The highest BCUT2D eigenvalue weighted by Gasteiger charge is 2.24. The normalized spacial score (nSPS) is 18.7. The standard InChI is InChI=1S/C17H25N5O2/c1-3-21(4-2)17(23)16-12-22(19-18-16)15-6-5-8-20(11-15)10-14-7-9-24-13-14/h7,9,12-13,15H,3-6,8,10-11H2,1-2H3. The molecule has 3 rings (SSSR count). The van der Waals surface area contributed by atoms with Crippen molar-refractivity contribution in [3.8, 4) is 0 Å². The molecule has 1 amide bonds. The lowest BCUT2D eigenvalue weighted by Crippen LogP contribution is -2.36. The zero-order valence-corrected chi connectivity index (χ0v) is 14.4. The minimum absolute atomic E-state index is 0.0442. The average Bonchev–Trinajstić information content (AvgIpc) is 3.28. The lowest BCUT2D eigenvalue weighted by atomic mass is 10.1. The van der Waals surface area contributed by atoms with Gasteiger partial charge in [0.2, 0.25) is 0 Å². The Morgan fingerprint density at radius 3 is 2.96 bits per heavy atom. The van der Waals surface area contributed by atoms with E-state index in [1.165, 1.54) is 5.56 Å². The van der Waals surface area contributed by atoms with Crippen molar-refractivity contribution in [2.24, 2.45) is 0 Å². The third-order valence-corrected chi connectivity index (χ3v) is 4.62. The van der Waals surface area contributed by atoms with Crippen LogP contribution in [-0.4, -0.2) is 56.9 Å². The second-order valence-corrected chi connectivity index (χ2v) is 6.22. The molecule has 1 unspecified atom stereocenters. The van der Waals surface area contributed by atoms with E-state index in [0.29, 0.717) is 18.8 Å². The summed E-state index contributed by atoms with van der Waals surface area (Å²) in [5.41, 5.74) is 1.62. The fourth-order valence-electron chi connectivity index (χ4n) is 3.26. The van der Waals surface area contributed by atoms with E-state index in [1.807, 2.05) is 24.6 Å². The topological polar surface area (TPSA) is 67.4 Å². The molecule has 7 heteroatoms. The van der Waals surface area contributed by atoms with Gasteiger partial charge in [-0.1, -0.05) is 5.21 Å². The largest absolute Gasteiger partial charge is 0.472 e. The van der Waals surface area contributed by atoms with Crippen LogP contribution in [0.15, 0.2) is 29.2 Å². The summed E-state index contributed by atoms with van der Waals surface area (Å²) in [5, 5.41) is 8.31. The summed E-state index contributed by atoms with van der Waals surface area (Å²) in [7, 11) is 0. The molecule has 0 radical (unpaired) electrons. The van der Waals surface area contributed by atoms with E-state index in [-0.39, 0.29) is 11.9 Å². The van der Waals surface area contributed by atoms with Crippen molar-refractivity contribution >= 4 is 5.91 Å². The van der Waals surface area contributed by atoms with Crippen molar-refractivity contribution in [1.82, 2.24) is 24.8 Å². The zero-order chi connectivity index (χ0) is 16.9. The van der Waals surface area contributed by atoms with Gasteiger partial charge in [0.05, 0.1) is 24.8 Å². The Labute approximate surface area is 142 Å². The van der Waals surface area contributed by atoms with Crippen molar-refractivity contribution < 1.29 is 9.21 Å². The van der Waals surface area contributed by atoms with Crippen molar-refractivity contribution in [3.63, 3.8) is 0 Å². The maximum Gasteiger partial charge on any atom is 0.276 e. The number of piperidine rings is 1. The van der Waals surface area contributed by atoms with Gasteiger partial charge in [0.25, 0.3) is 5.91 Å². The molecule has 2 aromatic rings. The predicted molar refractivity (Wildman–Crippen MR) is 89.5 cm³/mol. The van der Waals surface area contributed by atoms with Gasteiger partial charge in [-0.25, -0.2) is 4.68 Å². The Kier molecular flexibility index (Phi) is 5.30. The molecule has 1 aliphatic heterocycles. The van der Waals surface area contributed by atoms with E-state index in [1.54, 1.807) is 23.6 Å². The first-order valence-corrected chi connectivity index (χ1v) is 8.65. The van der Waals surface area contributed by atoms with Crippen LogP contribution >= 0.6 is 0 Å². The Morgan fingerprint density at radius 2 is 2.25 bits per heavy atom. The lowest BCUT2D eigenvalue weighted by Gasteiger charge is -2.32. The van der Waals surface area contributed by atoms with Crippen LogP contribution < -0.4 is 0 Å². The number of furan rings is 1. The summed E-state index contributed by atoms with van der Waals surface area (Å²) in [6.45, 7) is 8.18. The van der Waals surface area contributed by atoms with Crippen LogP contribution in [0, 0.1) is 0 Å². The molecule has 24 heavy (non-hydrogen) atoms. The highest BCUT2D eigenvalue weighted by molar-refractivity contribution is 5.91.